The molecular weight excluding hydrogens is 304 g/mol. The lowest BCUT2D eigenvalue weighted by molar-refractivity contribution is -0.123. The van der Waals surface area contributed by atoms with Crippen molar-refractivity contribution < 1.29 is 9.59 Å². The first kappa shape index (κ1) is 16.2. The summed E-state index contributed by atoms with van der Waals surface area (Å²) in [4.78, 5) is 26.9. The minimum atomic E-state index is -0.591. The Balaban J connectivity index is 1.87. The third kappa shape index (κ3) is 3.04. The van der Waals surface area contributed by atoms with E-state index in [9.17, 15) is 9.59 Å². The second-order valence-electron chi connectivity index (χ2n) is 6.21. The third-order valence-corrected chi connectivity index (χ3v) is 4.38. The van der Waals surface area contributed by atoms with Crippen molar-refractivity contribution in [3.05, 3.63) is 41.6 Å². The maximum atomic E-state index is 12.7. The van der Waals surface area contributed by atoms with Crippen molar-refractivity contribution in [2.24, 2.45) is 7.05 Å². The average Bonchev–Trinajstić information content (AvgIpc) is 2.76. The van der Waals surface area contributed by atoms with Gasteiger partial charge in [-0.3, -0.25) is 19.2 Å². The monoisotopic (exact) mass is 326 g/mol. The van der Waals surface area contributed by atoms with Gasteiger partial charge in [0.15, 0.2) is 0 Å². The van der Waals surface area contributed by atoms with Crippen LogP contribution in [-0.2, 0) is 23.1 Å². The Labute approximate surface area is 141 Å². The zero-order chi connectivity index (χ0) is 17.3. The lowest BCUT2D eigenvalue weighted by Crippen LogP contribution is -2.46. The average molecular weight is 326 g/mol. The van der Waals surface area contributed by atoms with E-state index < -0.39 is 6.04 Å². The van der Waals surface area contributed by atoms with Crippen molar-refractivity contribution in [3.63, 3.8) is 0 Å². The molecule has 0 aliphatic carbocycles. The predicted octanol–water partition coefficient (Wildman–Crippen LogP) is 2.43. The van der Waals surface area contributed by atoms with Crippen molar-refractivity contribution in [1.82, 2.24) is 9.78 Å². The highest BCUT2D eigenvalue weighted by Gasteiger charge is 2.30. The quantitative estimate of drug-likeness (QED) is 0.942. The number of hydrogen-bond acceptors (Lipinski definition) is 3. The summed E-state index contributed by atoms with van der Waals surface area (Å²) in [5.41, 5.74) is 2.78. The van der Waals surface area contributed by atoms with Crippen LogP contribution in [0.5, 0.6) is 0 Å². The number of anilines is 2. The molecular formula is C18H22N4O2. The molecule has 3 rings (SSSR count). The van der Waals surface area contributed by atoms with Crippen LogP contribution >= 0.6 is 0 Å². The lowest BCUT2D eigenvalue weighted by Gasteiger charge is -2.28. The molecule has 2 aromatic rings. The van der Waals surface area contributed by atoms with Crippen molar-refractivity contribution in [2.45, 2.75) is 39.2 Å². The molecule has 1 atom stereocenters. The molecule has 1 aliphatic rings. The standard InChI is InChI=1S/C18H22N4O2/c1-12-11-16(21(3)20-12)19-18(24)13(2)22-15-9-5-4-7-14(15)8-6-10-17(22)23/h4-5,7,9,11,13H,6,8,10H2,1-3H3,(H,19,24). The molecule has 0 radical (unpaired) electrons. The number of nitrogens with one attached hydrogen (secondary N) is 1. The van der Waals surface area contributed by atoms with Gasteiger partial charge in [0.2, 0.25) is 11.8 Å². The molecule has 6 heteroatoms. The van der Waals surface area contributed by atoms with E-state index in [1.165, 1.54) is 0 Å². The van der Waals surface area contributed by atoms with Gasteiger partial charge in [-0.25, -0.2) is 0 Å². The minimum Gasteiger partial charge on any atom is -0.309 e. The first-order chi connectivity index (χ1) is 11.5. The molecule has 1 unspecified atom stereocenters. The van der Waals surface area contributed by atoms with E-state index in [1.54, 1.807) is 23.6 Å². The number of hydrogen-bond donors (Lipinski definition) is 1. The number of amides is 2. The third-order valence-electron chi connectivity index (χ3n) is 4.38. The van der Waals surface area contributed by atoms with Crippen LogP contribution in [0.25, 0.3) is 0 Å². The van der Waals surface area contributed by atoms with Crippen LogP contribution in [0.2, 0.25) is 0 Å². The second kappa shape index (κ2) is 6.47. The van der Waals surface area contributed by atoms with Gasteiger partial charge in [-0.15, -0.1) is 0 Å². The van der Waals surface area contributed by atoms with Crippen LogP contribution in [0.15, 0.2) is 30.3 Å². The molecule has 0 saturated carbocycles. The number of carbonyl (C=O) groups excluding carboxylic acids is 2. The van der Waals surface area contributed by atoms with E-state index in [0.717, 1.165) is 29.8 Å². The molecule has 1 N–H and O–H groups in total. The molecule has 1 aromatic carbocycles. The zero-order valence-electron chi connectivity index (χ0n) is 14.2. The summed E-state index contributed by atoms with van der Waals surface area (Å²) < 4.78 is 1.62. The van der Waals surface area contributed by atoms with E-state index >= 15 is 0 Å². The molecule has 0 fully saturated rings. The van der Waals surface area contributed by atoms with Crippen molar-refractivity contribution in [3.8, 4) is 0 Å². The van der Waals surface area contributed by atoms with Gasteiger partial charge in [-0.05, 0) is 38.3 Å². The Morgan fingerprint density at radius 3 is 2.75 bits per heavy atom. The van der Waals surface area contributed by atoms with Crippen LogP contribution in [-0.4, -0.2) is 27.6 Å². The summed E-state index contributed by atoms with van der Waals surface area (Å²) in [5, 5.41) is 7.09. The number of aryl methyl sites for hydroxylation is 3. The summed E-state index contributed by atoms with van der Waals surface area (Å²) in [5.74, 6) is 0.395. The number of nitrogens with zero attached hydrogens (tertiary/aromatic N) is 3. The van der Waals surface area contributed by atoms with Gasteiger partial charge in [-0.2, -0.15) is 5.10 Å². The largest absolute Gasteiger partial charge is 0.309 e. The van der Waals surface area contributed by atoms with Gasteiger partial charge in [0.05, 0.1) is 5.69 Å². The van der Waals surface area contributed by atoms with Crippen molar-refractivity contribution in [2.75, 3.05) is 10.2 Å². The fourth-order valence-electron chi connectivity index (χ4n) is 3.14. The highest BCUT2D eigenvalue weighted by atomic mass is 16.2. The van der Waals surface area contributed by atoms with Gasteiger partial charge in [0, 0.05) is 25.2 Å². The summed E-state index contributed by atoms with van der Waals surface area (Å²) >= 11 is 0. The van der Waals surface area contributed by atoms with E-state index in [-0.39, 0.29) is 11.8 Å². The van der Waals surface area contributed by atoms with Crippen molar-refractivity contribution >= 4 is 23.3 Å². The smallest absolute Gasteiger partial charge is 0.248 e. The van der Waals surface area contributed by atoms with Crippen molar-refractivity contribution in [1.29, 1.82) is 0 Å². The lowest BCUT2D eigenvalue weighted by atomic mass is 10.1. The van der Waals surface area contributed by atoms with Gasteiger partial charge < -0.3 is 5.32 Å². The topological polar surface area (TPSA) is 67.2 Å². The molecule has 6 nitrogen and oxygen atoms in total. The van der Waals surface area contributed by atoms with Gasteiger partial charge in [0.1, 0.15) is 11.9 Å². The van der Waals surface area contributed by atoms with Crippen LogP contribution in [0, 0.1) is 6.92 Å². The van der Waals surface area contributed by atoms with Crippen LogP contribution in [0.3, 0.4) is 0 Å². The van der Waals surface area contributed by atoms with Crippen LogP contribution in [0.1, 0.15) is 31.0 Å². The van der Waals surface area contributed by atoms with Gasteiger partial charge in [-0.1, -0.05) is 18.2 Å². The number of benzene rings is 1. The fourth-order valence-corrected chi connectivity index (χ4v) is 3.14. The summed E-state index contributed by atoms with van der Waals surface area (Å²) in [6, 6.07) is 9.03. The van der Waals surface area contributed by atoms with Gasteiger partial charge >= 0.3 is 0 Å². The minimum absolute atomic E-state index is 0.0104. The Bertz CT molecular complexity index is 781. The van der Waals surface area contributed by atoms with E-state index in [2.05, 4.69) is 10.4 Å². The molecule has 2 heterocycles. The predicted molar refractivity (Wildman–Crippen MR) is 92.9 cm³/mol. The summed E-state index contributed by atoms with van der Waals surface area (Å²) in [7, 11) is 1.78. The number of rotatable bonds is 3. The Morgan fingerprint density at radius 2 is 2.04 bits per heavy atom. The summed E-state index contributed by atoms with van der Waals surface area (Å²) in [6.45, 7) is 3.63. The molecule has 126 valence electrons. The highest BCUT2D eigenvalue weighted by Crippen LogP contribution is 2.28. The Hall–Kier alpha value is -2.63. The highest BCUT2D eigenvalue weighted by molar-refractivity contribution is 6.05. The molecule has 0 bridgehead atoms. The molecule has 0 spiro atoms. The first-order valence-electron chi connectivity index (χ1n) is 8.19. The number of carbonyl (C=O) groups is 2. The molecule has 1 aliphatic heterocycles. The van der Waals surface area contributed by atoms with Crippen LogP contribution in [0.4, 0.5) is 11.5 Å². The normalized spacial score (nSPS) is 15.6. The first-order valence-corrected chi connectivity index (χ1v) is 8.19. The summed E-state index contributed by atoms with van der Waals surface area (Å²) in [6.07, 6.45) is 2.12. The van der Waals surface area contributed by atoms with E-state index in [1.807, 2.05) is 37.3 Å². The molecule has 1 aromatic heterocycles. The Kier molecular flexibility index (Phi) is 4.38. The number of para-hydroxylation sites is 1. The second-order valence-corrected chi connectivity index (χ2v) is 6.21. The Morgan fingerprint density at radius 1 is 1.29 bits per heavy atom. The SMILES string of the molecule is Cc1cc(NC(=O)C(C)N2C(=O)CCCc3ccccc32)n(C)n1. The number of fused-ring (bicyclic) bond motifs is 1. The number of aromatic nitrogens is 2. The fraction of sp³-hybridized carbons (Fsp3) is 0.389. The molecule has 24 heavy (non-hydrogen) atoms. The van der Waals surface area contributed by atoms with E-state index in [4.69, 9.17) is 0 Å². The van der Waals surface area contributed by atoms with Gasteiger partial charge in [0.25, 0.3) is 0 Å². The zero-order valence-corrected chi connectivity index (χ0v) is 14.2. The molecule has 2 amide bonds. The molecule has 0 saturated heterocycles. The van der Waals surface area contributed by atoms with E-state index in [0.29, 0.717) is 12.2 Å². The maximum absolute atomic E-state index is 12.7. The van der Waals surface area contributed by atoms with Crippen LogP contribution < -0.4 is 10.2 Å². The maximum Gasteiger partial charge on any atom is 0.248 e.